The van der Waals surface area contributed by atoms with E-state index in [1.165, 1.54) is 19.3 Å². The molecule has 0 unspecified atom stereocenters. The standard InChI is InChI=1S/C14H15N5O2/c20-14(19-7-9-2-1-3-10(9)8-19)13-17-12(18-21-13)11-6-15-4-5-16-11/h4-6,9-10H,1-3,7-8H2/t9-,10+. The maximum absolute atomic E-state index is 12.4. The lowest BCUT2D eigenvalue weighted by Crippen LogP contribution is -2.29. The van der Waals surface area contributed by atoms with Gasteiger partial charge in [-0.15, -0.1) is 0 Å². The van der Waals surface area contributed by atoms with Crippen molar-refractivity contribution >= 4 is 5.91 Å². The van der Waals surface area contributed by atoms with Gasteiger partial charge >= 0.3 is 11.8 Å². The zero-order valence-corrected chi connectivity index (χ0v) is 11.5. The number of carbonyl (C=O) groups is 1. The number of rotatable bonds is 2. The van der Waals surface area contributed by atoms with Gasteiger partial charge < -0.3 is 9.42 Å². The quantitative estimate of drug-likeness (QED) is 0.829. The largest absolute Gasteiger partial charge is 0.334 e. The molecular weight excluding hydrogens is 270 g/mol. The molecular formula is C14H15N5O2. The van der Waals surface area contributed by atoms with Gasteiger partial charge in [0.1, 0.15) is 5.69 Å². The highest BCUT2D eigenvalue weighted by atomic mass is 16.5. The first-order chi connectivity index (χ1) is 10.3. The van der Waals surface area contributed by atoms with Crippen molar-refractivity contribution in [3.05, 3.63) is 24.5 Å². The van der Waals surface area contributed by atoms with Crippen LogP contribution in [-0.4, -0.2) is 44.0 Å². The molecule has 2 aromatic rings. The number of carbonyl (C=O) groups excluding carboxylic acids is 1. The van der Waals surface area contributed by atoms with E-state index in [1.807, 2.05) is 4.90 Å². The number of amides is 1. The Bertz CT molecular complexity index is 644. The summed E-state index contributed by atoms with van der Waals surface area (Å²) in [6.07, 6.45) is 8.40. The van der Waals surface area contributed by atoms with Crippen LogP contribution in [0.25, 0.3) is 11.5 Å². The molecule has 7 heteroatoms. The fourth-order valence-electron chi connectivity index (χ4n) is 3.37. The Morgan fingerprint density at radius 1 is 1.24 bits per heavy atom. The number of aromatic nitrogens is 4. The first kappa shape index (κ1) is 12.4. The van der Waals surface area contributed by atoms with Gasteiger partial charge in [0.15, 0.2) is 0 Å². The summed E-state index contributed by atoms with van der Waals surface area (Å²) in [6.45, 7) is 1.62. The van der Waals surface area contributed by atoms with Gasteiger partial charge in [-0.3, -0.25) is 9.78 Å². The monoisotopic (exact) mass is 285 g/mol. The van der Waals surface area contributed by atoms with E-state index in [-0.39, 0.29) is 11.8 Å². The average molecular weight is 285 g/mol. The van der Waals surface area contributed by atoms with Crippen LogP contribution in [-0.2, 0) is 0 Å². The van der Waals surface area contributed by atoms with Crippen LogP contribution in [0.5, 0.6) is 0 Å². The molecule has 0 spiro atoms. The zero-order valence-electron chi connectivity index (χ0n) is 11.5. The molecule has 1 aliphatic carbocycles. The summed E-state index contributed by atoms with van der Waals surface area (Å²) in [5.74, 6) is 1.46. The Morgan fingerprint density at radius 3 is 2.76 bits per heavy atom. The third kappa shape index (κ3) is 2.18. The minimum absolute atomic E-state index is 0.0376. The van der Waals surface area contributed by atoms with E-state index >= 15 is 0 Å². The second-order valence-electron chi connectivity index (χ2n) is 5.67. The van der Waals surface area contributed by atoms with Gasteiger partial charge in [0.05, 0.1) is 6.20 Å². The van der Waals surface area contributed by atoms with Crippen LogP contribution in [0.2, 0.25) is 0 Å². The lowest BCUT2D eigenvalue weighted by molar-refractivity contribution is 0.0731. The molecule has 1 saturated heterocycles. The number of nitrogens with zero attached hydrogens (tertiary/aromatic N) is 5. The van der Waals surface area contributed by atoms with Crippen molar-refractivity contribution in [1.82, 2.24) is 25.0 Å². The fourth-order valence-corrected chi connectivity index (χ4v) is 3.37. The highest BCUT2D eigenvalue weighted by Gasteiger charge is 2.39. The molecule has 2 fully saturated rings. The maximum atomic E-state index is 12.4. The van der Waals surface area contributed by atoms with E-state index in [9.17, 15) is 4.79 Å². The van der Waals surface area contributed by atoms with Crippen molar-refractivity contribution in [2.24, 2.45) is 11.8 Å². The Balaban J connectivity index is 1.52. The average Bonchev–Trinajstić information content (AvgIpc) is 3.22. The van der Waals surface area contributed by atoms with Gasteiger partial charge in [0.25, 0.3) is 0 Å². The maximum Gasteiger partial charge on any atom is 0.316 e. The molecule has 1 saturated carbocycles. The summed E-state index contributed by atoms with van der Waals surface area (Å²) in [4.78, 5) is 26.4. The molecule has 0 bridgehead atoms. The molecule has 0 N–H and O–H groups in total. The van der Waals surface area contributed by atoms with Gasteiger partial charge in [-0.2, -0.15) is 4.98 Å². The molecule has 2 atom stereocenters. The van der Waals surface area contributed by atoms with Crippen molar-refractivity contribution < 1.29 is 9.32 Å². The van der Waals surface area contributed by atoms with Crippen LogP contribution in [0.3, 0.4) is 0 Å². The smallest absolute Gasteiger partial charge is 0.316 e. The van der Waals surface area contributed by atoms with E-state index in [0.29, 0.717) is 23.4 Å². The Kier molecular flexibility index (Phi) is 2.90. The molecule has 2 aliphatic rings. The van der Waals surface area contributed by atoms with Crippen molar-refractivity contribution in [3.8, 4) is 11.5 Å². The molecule has 0 aromatic carbocycles. The zero-order chi connectivity index (χ0) is 14.2. The predicted molar refractivity (Wildman–Crippen MR) is 72.1 cm³/mol. The molecule has 4 rings (SSSR count). The van der Waals surface area contributed by atoms with Crippen molar-refractivity contribution in [1.29, 1.82) is 0 Å². The van der Waals surface area contributed by atoms with Crippen LogP contribution in [0.4, 0.5) is 0 Å². The second kappa shape index (κ2) is 4.91. The summed E-state index contributed by atoms with van der Waals surface area (Å²) in [5.41, 5.74) is 0.499. The van der Waals surface area contributed by atoms with Crippen LogP contribution in [0, 0.1) is 11.8 Å². The van der Waals surface area contributed by atoms with E-state index in [0.717, 1.165) is 13.1 Å². The van der Waals surface area contributed by atoms with E-state index in [1.54, 1.807) is 18.6 Å². The van der Waals surface area contributed by atoms with E-state index in [4.69, 9.17) is 4.52 Å². The number of likely N-dealkylation sites (tertiary alicyclic amines) is 1. The van der Waals surface area contributed by atoms with Crippen LogP contribution < -0.4 is 0 Å². The highest BCUT2D eigenvalue weighted by molar-refractivity contribution is 5.90. The summed E-state index contributed by atoms with van der Waals surface area (Å²) in [7, 11) is 0. The summed E-state index contributed by atoms with van der Waals surface area (Å²) in [5, 5.41) is 3.81. The van der Waals surface area contributed by atoms with Gasteiger partial charge in [0.2, 0.25) is 5.82 Å². The van der Waals surface area contributed by atoms with Crippen molar-refractivity contribution in [3.63, 3.8) is 0 Å². The molecule has 7 nitrogen and oxygen atoms in total. The molecule has 3 heterocycles. The molecule has 1 aliphatic heterocycles. The third-order valence-electron chi connectivity index (χ3n) is 4.41. The topological polar surface area (TPSA) is 85.0 Å². The Morgan fingerprint density at radius 2 is 2.05 bits per heavy atom. The third-order valence-corrected chi connectivity index (χ3v) is 4.41. The second-order valence-corrected chi connectivity index (χ2v) is 5.67. The minimum atomic E-state index is -0.174. The molecule has 21 heavy (non-hydrogen) atoms. The SMILES string of the molecule is O=C(c1nc(-c2cnccn2)no1)N1C[C@H]2CCC[C@H]2C1. The molecule has 2 aromatic heterocycles. The lowest BCUT2D eigenvalue weighted by atomic mass is 10.0. The summed E-state index contributed by atoms with van der Waals surface area (Å²) >= 11 is 0. The first-order valence-electron chi connectivity index (χ1n) is 7.20. The van der Waals surface area contributed by atoms with Crippen LogP contribution >= 0.6 is 0 Å². The summed E-state index contributed by atoms with van der Waals surface area (Å²) < 4.78 is 5.10. The Hall–Kier alpha value is -2.31. The molecule has 0 radical (unpaired) electrons. The van der Waals surface area contributed by atoms with Gasteiger partial charge in [-0.25, -0.2) is 4.98 Å². The molecule has 1 amide bonds. The number of fused-ring (bicyclic) bond motifs is 1. The number of hydrogen-bond donors (Lipinski definition) is 0. The molecule has 108 valence electrons. The fraction of sp³-hybridized carbons (Fsp3) is 0.500. The highest BCUT2D eigenvalue weighted by Crippen LogP contribution is 2.38. The van der Waals surface area contributed by atoms with Crippen LogP contribution in [0.1, 0.15) is 29.9 Å². The number of hydrogen-bond acceptors (Lipinski definition) is 6. The van der Waals surface area contributed by atoms with E-state index in [2.05, 4.69) is 20.1 Å². The van der Waals surface area contributed by atoms with Gasteiger partial charge in [-0.1, -0.05) is 11.6 Å². The normalized spacial score (nSPS) is 24.3. The predicted octanol–water partition coefficient (Wildman–Crippen LogP) is 1.40. The van der Waals surface area contributed by atoms with Gasteiger partial charge in [-0.05, 0) is 24.7 Å². The first-order valence-corrected chi connectivity index (χ1v) is 7.20. The minimum Gasteiger partial charge on any atom is -0.334 e. The van der Waals surface area contributed by atoms with Crippen LogP contribution in [0.15, 0.2) is 23.1 Å². The lowest BCUT2D eigenvalue weighted by Gasteiger charge is -2.14. The van der Waals surface area contributed by atoms with Gasteiger partial charge in [0, 0.05) is 25.5 Å². The Labute approximate surface area is 121 Å². The summed E-state index contributed by atoms with van der Waals surface area (Å²) in [6, 6.07) is 0. The van der Waals surface area contributed by atoms with Crippen molar-refractivity contribution in [2.75, 3.05) is 13.1 Å². The van der Waals surface area contributed by atoms with Crippen molar-refractivity contribution in [2.45, 2.75) is 19.3 Å². The van der Waals surface area contributed by atoms with E-state index < -0.39 is 0 Å².